The van der Waals surface area contributed by atoms with Gasteiger partial charge in [-0.2, -0.15) is 0 Å². The van der Waals surface area contributed by atoms with Gasteiger partial charge in [-0.1, -0.05) is 13.0 Å². The summed E-state index contributed by atoms with van der Waals surface area (Å²) in [6, 6.07) is 0. The molecule has 0 aromatic carbocycles. The maximum Gasteiger partial charge on any atom is 0.330 e. The second-order valence-corrected chi connectivity index (χ2v) is 12.9. The zero-order valence-electron chi connectivity index (χ0n) is 22.8. The average Bonchev–Trinajstić information content (AvgIpc) is 3.06. The highest BCUT2D eigenvalue weighted by molar-refractivity contribution is 5.90. The lowest BCUT2D eigenvalue weighted by Crippen LogP contribution is -2.80. The Balaban J connectivity index is 1.42. The van der Waals surface area contributed by atoms with Crippen LogP contribution in [0, 0.1) is 16.7 Å². The number of carbonyl (C=O) groups excluding carboxylic acids is 3. The number of cyclic esters (lactones) is 1. The van der Waals surface area contributed by atoms with Crippen LogP contribution >= 0.6 is 0 Å². The molecule has 6 fully saturated rings. The summed E-state index contributed by atoms with van der Waals surface area (Å²) in [5.74, 6) is -2.51. The van der Waals surface area contributed by atoms with Gasteiger partial charge in [-0.25, -0.2) is 9.59 Å². The molecule has 4 aliphatic heterocycles. The Kier molecular flexibility index (Phi) is 6.42. The molecule has 7 aliphatic rings. The molecule has 3 saturated carbocycles. The summed E-state index contributed by atoms with van der Waals surface area (Å²) in [6.07, 6.45) is 2.18. The molecule has 1 spiro atoms. The Morgan fingerprint density at radius 2 is 1.88 bits per heavy atom. The third-order valence-corrected chi connectivity index (χ3v) is 11.3. The van der Waals surface area contributed by atoms with Crippen LogP contribution in [-0.4, -0.2) is 99.2 Å². The van der Waals surface area contributed by atoms with Crippen molar-refractivity contribution in [2.75, 3.05) is 19.8 Å². The van der Waals surface area contributed by atoms with Crippen molar-refractivity contribution in [1.82, 2.24) is 0 Å². The van der Waals surface area contributed by atoms with Crippen LogP contribution < -0.4 is 0 Å². The van der Waals surface area contributed by atoms with E-state index >= 15 is 0 Å². The molecule has 0 amide bonds. The van der Waals surface area contributed by atoms with Gasteiger partial charge in [-0.15, -0.1) is 0 Å². The number of hydrogen-bond donors (Lipinski definition) is 4. The highest BCUT2D eigenvalue weighted by Gasteiger charge is 2.83. The van der Waals surface area contributed by atoms with Gasteiger partial charge in [0.15, 0.2) is 11.4 Å². The van der Waals surface area contributed by atoms with Crippen LogP contribution in [0.3, 0.4) is 0 Å². The van der Waals surface area contributed by atoms with Gasteiger partial charge in [0.25, 0.3) is 0 Å². The largest absolute Gasteiger partial charge is 0.462 e. The maximum atomic E-state index is 13.2. The van der Waals surface area contributed by atoms with E-state index in [-0.39, 0.29) is 50.9 Å². The number of carbonyl (C=O) groups is 3. The Labute approximate surface area is 232 Å². The van der Waals surface area contributed by atoms with Gasteiger partial charge >= 0.3 is 11.9 Å². The molecule has 11 nitrogen and oxygen atoms in total. The summed E-state index contributed by atoms with van der Waals surface area (Å²) in [6.45, 7) is 2.64. The van der Waals surface area contributed by atoms with Crippen LogP contribution in [0.5, 0.6) is 0 Å². The Morgan fingerprint density at radius 1 is 1.10 bits per heavy atom. The molecule has 3 unspecified atom stereocenters. The first-order chi connectivity index (χ1) is 18.8. The van der Waals surface area contributed by atoms with Crippen molar-refractivity contribution in [3.05, 3.63) is 23.8 Å². The van der Waals surface area contributed by atoms with Crippen molar-refractivity contribution in [1.29, 1.82) is 0 Å². The Morgan fingerprint density at radius 3 is 2.62 bits per heavy atom. The molecule has 4 N–H and O–H groups in total. The quantitative estimate of drug-likeness (QED) is 0.341. The van der Waals surface area contributed by atoms with Gasteiger partial charge in [0.05, 0.1) is 24.4 Å². The lowest BCUT2D eigenvalue weighted by molar-refractivity contribution is -0.377. The van der Waals surface area contributed by atoms with Gasteiger partial charge in [0.1, 0.15) is 31.0 Å². The molecule has 8 bridgehead atoms. The monoisotopic (exact) mass is 562 g/mol. The van der Waals surface area contributed by atoms with Crippen molar-refractivity contribution in [2.45, 2.75) is 100 Å². The minimum atomic E-state index is -1.77. The summed E-state index contributed by atoms with van der Waals surface area (Å²) in [4.78, 5) is 39.0. The summed E-state index contributed by atoms with van der Waals surface area (Å²) in [5, 5.41) is 44.3. The molecule has 40 heavy (non-hydrogen) atoms. The van der Waals surface area contributed by atoms with Crippen LogP contribution in [0.15, 0.2) is 23.8 Å². The molecular weight excluding hydrogens is 524 g/mol. The second-order valence-electron chi connectivity index (χ2n) is 12.9. The normalized spacial score (nSPS) is 50.1. The lowest BCUT2D eigenvalue weighted by atomic mass is 9.40. The molecule has 0 aromatic heterocycles. The average molecular weight is 563 g/mol. The molecule has 10 atom stereocenters. The fourth-order valence-corrected chi connectivity index (χ4v) is 8.89. The molecular formula is C29H38O11. The van der Waals surface area contributed by atoms with Gasteiger partial charge in [0.2, 0.25) is 0 Å². The van der Waals surface area contributed by atoms with Gasteiger partial charge in [-0.3, -0.25) is 4.79 Å². The first kappa shape index (κ1) is 28.0. The number of aliphatic hydroxyl groups is 4. The Hall–Kier alpha value is -2.15. The van der Waals surface area contributed by atoms with Crippen molar-refractivity contribution >= 4 is 17.7 Å². The van der Waals surface area contributed by atoms with Crippen LogP contribution in [0.2, 0.25) is 0 Å². The number of esters is 2. The molecule has 0 aromatic rings. The molecule has 3 saturated heterocycles. The number of ketones is 1. The number of allylic oxidation sites excluding steroid dienone is 1. The van der Waals surface area contributed by atoms with Crippen LogP contribution in [0.1, 0.15) is 58.8 Å². The van der Waals surface area contributed by atoms with Crippen LogP contribution in [0.25, 0.3) is 0 Å². The van der Waals surface area contributed by atoms with E-state index < -0.39 is 82.3 Å². The summed E-state index contributed by atoms with van der Waals surface area (Å²) < 4.78 is 24.0. The highest BCUT2D eigenvalue weighted by Crippen LogP contribution is 2.74. The standard InChI is InChI=1S/C29H38O11/c1-25(35)8-9-27-15-37-22(33)11-16-6-10-38-28(23(16)34,18(31)14-30)7-4-3-5-21(32)39-19-12-20-29(36,26(19,27)2)13-17(25)24(27)40-20/h3,5,11,17,19-20,23-24,30,34-36H,4,6-10,12-15H2,1-2H3/t17-,19+,20+,23+,24?,25-,26?,27+,28+,29?/m0/s1. The summed E-state index contributed by atoms with van der Waals surface area (Å²) in [5.41, 5.74) is -6.00. The van der Waals surface area contributed by atoms with E-state index in [9.17, 15) is 34.8 Å². The maximum absolute atomic E-state index is 13.2. The van der Waals surface area contributed by atoms with Crippen molar-refractivity contribution in [3.63, 3.8) is 0 Å². The third kappa shape index (κ3) is 3.54. The molecule has 7 rings (SSSR count). The van der Waals surface area contributed by atoms with Gasteiger partial charge in [-0.05, 0) is 51.0 Å². The summed E-state index contributed by atoms with van der Waals surface area (Å²) >= 11 is 0. The highest BCUT2D eigenvalue weighted by atomic mass is 16.6. The third-order valence-electron chi connectivity index (χ3n) is 11.3. The van der Waals surface area contributed by atoms with E-state index in [1.807, 2.05) is 6.92 Å². The van der Waals surface area contributed by atoms with E-state index in [0.29, 0.717) is 12.8 Å². The smallest absolute Gasteiger partial charge is 0.330 e. The fraction of sp³-hybridized carbons (Fsp3) is 0.759. The van der Waals surface area contributed by atoms with E-state index in [2.05, 4.69) is 0 Å². The number of hydrogen-bond acceptors (Lipinski definition) is 11. The minimum Gasteiger partial charge on any atom is -0.462 e. The molecule has 0 radical (unpaired) electrons. The SMILES string of the molecule is CC12[C@H]3C[C@H]4OC5[C@H](CC41O)[C@@](C)(O)CC[C@@]52COC(=O)C=C1CCO[C@@](C(=O)CO)(CCC=CC(=O)O3)[C@@H]1O. The van der Waals surface area contributed by atoms with Crippen molar-refractivity contribution in [2.24, 2.45) is 16.7 Å². The van der Waals surface area contributed by atoms with E-state index in [0.717, 1.165) is 0 Å². The first-order valence-corrected chi connectivity index (χ1v) is 14.2. The predicted molar refractivity (Wildman–Crippen MR) is 135 cm³/mol. The van der Waals surface area contributed by atoms with Gasteiger partial charge in [0, 0.05) is 35.3 Å². The van der Waals surface area contributed by atoms with E-state index in [1.165, 1.54) is 18.2 Å². The topological polar surface area (TPSA) is 169 Å². The number of aliphatic hydroxyl groups excluding tert-OH is 2. The molecule has 3 aliphatic carbocycles. The minimum absolute atomic E-state index is 0.0351. The number of Topliss-reactive ketones (excluding diaryl/α,β-unsaturated/α-hetero) is 1. The lowest BCUT2D eigenvalue weighted by Gasteiger charge is -2.71. The number of ether oxygens (including phenoxy) is 4. The molecule has 11 heteroatoms. The predicted octanol–water partition coefficient (Wildman–Crippen LogP) is 0.259. The van der Waals surface area contributed by atoms with E-state index in [1.54, 1.807) is 6.92 Å². The molecule has 220 valence electrons. The number of rotatable bonds is 2. The van der Waals surface area contributed by atoms with Crippen LogP contribution in [0.4, 0.5) is 0 Å². The first-order valence-electron chi connectivity index (χ1n) is 14.2. The Bertz CT molecular complexity index is 1180. The molecule has 4 heterocycles. The zero-order chi connectivity index (χ0) is 28.7. The zero-order valence-corrected chi connectivity index (χ0v) is 22.8. The van der Waals surface area contributed by atoms with E-state index in [4.69, 9.17) is 18.9 Å². The van der Waals surface area contributed by atoms with Crippen LogP contribution in [-0.2, 0) is 33.3 Å². The van der Waals surface area contributed by atoms with Crippen molar-refractivity contribution < 1.29 is 53.8 Å². The van der Waals surface area contributed by atoms with Gasteiger partial charge < -0.3 is 39.4 Å². The second kappa shape index (κ2) is 9.17. The number of fused-ring (bicyclic) bond motifs is 2. The summed E-state index contributed by atoms with van der Waals surface area (Å²) in [7, 11) is 0. The fourth-order valence-electron chi connectivity index (χ4n) is 8.89. The van der Waals surface area contributed by atoms with Crippen molar-refractivity contribution in [3.8, 4) is 0 Å².